The fraction of sp³-hybridized carbons (Fsp3) is 0.385. The topological polar surface area (TPSA) is 57.6 Å². The molecular weight excluding hydrogens is 275 g/mol. The number of carbonyl (C=O) groups excluding carboxylic acids is 2. The van der Waals surface area contributed by atoms with Crippen LogP contribution in [0.15, 0.2) is 12.1 Å². The van der Waals surface area contributed by atoms with Crippen molar-refractivity contribution in [3.8, 4) is 0 Å². The molecule has 0 aromatic heterocycles. The molecule has 1 aromatic rings. The number of hydrogen-bond acceptors (Lipinski definition) is 3. The van der Waals surface area contributed by atoms with Crippen LogP contribution in [0.2, 0.25) is 0 Å². The molecule has 1 atom stereocenters. The number of aryl methyl sites for hydroxylation is 2. The summed E-state index contributed by atoms with van der Waals surface area (Å²) < 4.78 is 37.0. The smallest absolute Gasteiger partial charge is 0.382 e. The van der Waals surface area contributed by atoms with Gasteiger partial charge in [0.2, 0.25) is 0 Å². The Morgan fingerprint density at radius 3 is 1.85 bits per heavy atom. The normalized spacial score (nSPS) is 16.6. The Kier molecular flexibility index (Phi) is 3.33. The van der Waals surface area contributed by atoms with E-state index in [9.17, 15) is 22.8 Å². The van der Waals surface area contributed by atoms with E-state index in [1.165, 1.54) is 0 Å². The predicted molar refractivity (Wildman–Crippen MR) is 63.3 cm³/mol. The molecule has 0 bridgehead atoms. The minimum atomic E-state index is -4.88. The number of aliphatic hydroxyl groups excluding tert-OH is 1. The van der Waals surface area contributed by atoms with E-state index in [0.717, 1.165) is 0 Å². The van der Waals surface area contributed by atoms with Crippen LogP contribution < -0.4 is 0 Å². The second kappa shape index (κ2) is 4.59. The number of amides is 2. The van der Waals surface area contributed by atoms with Crippen LogP contribution >= 0.6 is 0 Å². The zero-order valence-electron chi connectivity index (χ0n) is 10.8. The largest absolute Gasteiger partial charge is 0.416 e. The van der Waals surface area contributed by atoms with E-state index in [-0.39, 0.29) is 11.1 Å². The van der Waals surface area contributed by atoms with E-state index >= 15 is 0 Å². The van der Waals surface area contributed by atoms with Crippen LogP contribution in [0.5, 0.6) is 0 Å². The summed E-state index contributed by atoms with van der Waals surface area (Å²) in [6.07, 6.45) is -7.62. The molecule has 0 aliphatic carbocycles. The molecule has 1 aromatic carbocycles. The third kappa shape index (κ3) is 2.18. The van der Waals surface area contributed by atoms with Gasteiger partial charge in [-0.25, -0.2) is 0 Å². The number of β-amino-alcohol motifs (C(OH)–C–C–N with tert-alkyl or cyclic N) is 1. The van der Waals surface area contributed by atoms with Gasteiger partial charge in [0.1, 0.15) is 0 Å². The first kappa shape index (κ1) is 14.5. The van der Waals surface area contributed by atoms with Gasteiger partial charge in [-0.2, -0.15) is 13.2 Å². The molecule has 0 saturated carbocycles. The van der Waals surface area contributed by atoms with Gasteiger partial charge < -0.3 is 5.11 Å². The second-order valence-electron chi connectivity index (χ2n) is 4.73. The molecule has 0 fully saturated rings. The highest BCUT2D eigenvalue weighted by molar-refractivity contribution is 6.22. The minimum Gasteiger partial charge on any atom is -0.382 e. The first-order chi connectivity index (χ1) is 9.14. The molecule has 1 aliphatic heterocycles. The number of rotatable bonds is 2. The number of nitrogens with zero attached hydrogens (tertiary/aromatic N) is 1. The van der Waals surface area contributed by atoms with Crippen molar-refractivity contribution in [2.75, 3.05) is 6.54 Å². The van der Waals surface area contributed by atoms with Crippen LogP contribution in [0, 0.1) is 13.8 Å². The number of fused-ring (bicyclic) bond motifs is 1. The molecule has 1 N–H and O–H groups in total. The molecule has 108 valence electrons. The van der Waals surface area contributed by atoms with Gasteiger partial charge in [0.25, 0.3) is 11.8 Å². The maximum Gasteiger partial charge on any atom is 0.416 e. The lowest BCUT2D eigenvalue weighted by Crippen LogP contribution is -2.43. The Morgan fingerprint density at radius 1 is 1.10 bits per heavy atom. The van der Waals surface area contributed by atoms with Crippen molar-refractivity contribution in [2.24, 2.45) is 0 Å². The van der Waals surface area contributed by atoms with Crippen molar-refractivity contribution in [1.82, 2.24) is 4.90 Å². The molecule has 20 heavy (non-hydrogen) atoms. The van der Waals surface area contributed by atoms with Crippen LogP contribution in [0.25, 0.3) is 0 Å². The fourth-order valence-corrected chi connectivity index (χ4v) is 2.17. The number of hydrogen-bond donors (Lipinski definition) is 1. The summed E-state index contributed by atoms with van der Waals surface area (Å²) in [6, 6.07) is 3.26. The third-order valence-electron chi connectivity index (χ3n) is 3.27. The van der Waals surface area contributed by atoms with Gasteiger partial charge in [-0.3, -0.25) is 14.5 Å². The van der Waals surface area contributed by atoms with E-state index in [0.29, 0.717) is 16.0 Å². The lowest BCUT2D eigenvalue weighted by atomic mass is 9.99. The number of halogens is 3. The Balaban J connectivity index is 2.38. The van der Waals surface area contributed by atoms with Crippen molar-refractivity contribution >= 4 is 11.8 Å². The Hall–Kier alpha value is -1.89. The van der Waals surface area contributed by atoms with Crippen LogP contribution in [0.3, 0.4) is 0 Å². The molecule has 0 radical (unpaired) electrons. The van der Waals surface area contributed by atoms with Gasteiger partial charge in [-0.05, 0) is 25.0 Å². The molecule has 1 aliphatic rings. The van der Waals surface area contributed by atoms with Crippen LogP contribution in [0.4, 0.5) is 13.2 Å². The standard InChI is InChI=1S/C13H12F3NO3/c1-6-3-4-7(2)10-9(6)11(19)17(12(10)20)5-8(18)13(14,15)16/h3-4,8,18H,5H2,1-2H3. The summed E-state index contributed by atoms with van der Waals surface area (Å²) >= 11 is 0. The van der Waals surface area contributed by atoms with Crippen LogP contribution in [-0.4, -0.2) is 40.6 Å². The molecule has 0 saturated heterocycles. The molecule has 0 spiro atoms. The number of benzene rings is 1. The van der Waals surface area contributed by atoms with Gasteiger partial charge in [0.05, 0.1) is 17.7 Å². The van der Waals surface area contributed by atoms with E-state index in [4.69, 9.17) is 5.11 Å². The lowest BCUT2D eigenvalue weighted by molar-refractivity contribution is -0.204. The maximum absolute atomic E-state index is 12.3. The second-order valence-corrected chi connectivity index (χ2v) is 4.73. The molecule has 4 nitrogen and oxygen atoms in total. The van der Waals surface area contributed by atoms with E-state index in [1.54, 1.807) is 26.0 Å². The molecule has 7 heteroatoms. The molecule has 2 rings (SSSR count). The summed E-state index contributed by atoms with van der Waals surface area (Å²) in [5.41, 5.74) is 1.27. The quantitative estimate of drug-likeness (QED) is 0.844. The first-order valence-corrected chi connectivity index (χ1v) is 5.85. The highest BCUT2D eigenvalue weighted by Gasteiger charge is 2.45. The van der Waals surface area contributed by atoms with Crippen LogP contribution in [0.1, 0.15) is 31.8 Å². The van der Waals surface area contributed by atoms with Gasteiger partial charge in [-0.1, -0.05) is 12.1 Å². The third-order valence-corrected chi connectivity index (χ3v) is 3.27. The summed E-state index contributed by atoms with van der Waals surface area (Å²) in [4.78, 5) is 24.6. The average molecular weight is 287 g/mol. The van der Waals surface area contributed by atoms with Crippen molar-refractivity contribution in [2.45, 2.75) is 26.1 Å². The average Bonchev–Trinajstić information content (AvgIpc) is 2.58. The van der Waals surface area contributed by atoms with Gasteiger partial charge in [-0.15, -0.1) is 0 Å². The summed E-state index contributed by atoms with van der Waals surface area (Å²) in [5, 5.41) is 9.03. The van der Waals surface area contributed by atoms with Gasteiger partial charge in [0.15, 0.2) is 6.10 Å². The Morgan fingerprint density at radius 2 is 1.50 bits per heavy atom. The van der Waals surface area contributed by atoms with E-state index in [2.05, 4.69) is 0 Å². The summed E-state index contributed by atoms with van der Waals surface area (Å²) in [5.74, 6) is -1.59. The fourth-order valence-electron chi connectivity index (χ4n) is 2.17. The zero-order chi connectivity index (χ0) is 15.2. The van der Waals surface area contributed by atoms with Crippen molar-refractivity contribution in [3.05, 3.63) is 34.4 Å². The number of imide groups is 1. The minimum absolute atomic E-state index is 0.115. The monoisotopic (exact) mass is 287 g/mol. The number of carbonyl (C=O) groups is 2. The number of aliphatic hydroxyl groups is 1. The summed E-state index contributed by atoms with van der Waals surface area (Å²) in [7, 11) is 0. The Labute approximate surface area is 112 Å². The van der Waals surface area contributed by atoms with Gasteiger partial charge >= 0.3 is 6.18 Å². The number of alkyl halides is 3. The van der Waals surface area contributed by atoms with E-state index < -0.39 is 30.6 Å². The predicted octanol–water partition coefficient (Wildman–Crippen LogP) is 1.82. The van der Waals surface area contributed by atoms with Crippen molar-refractivity contribution in [1.29, 1.82) is 0 Å². The first-order valence-electron chi connectivity index (χ1n) is 5.85. The van der Waals surface area contributed by atoms with Crippen molar-refractivity contribution in [3.63, 3.8) is 0 Å². The molecular formula is C13H12F3NO3. The highest BCUT2D eigenvalue weighted by atomic mass is 19.4. The Bertz CT molecular complexity index is 554. The summed E-state index contributed by atoms with van der Waals surface area (Å²) in [6.45, 7) is 2.12. The maximum atomic E-state index is 12.3. The highest BCUT2D eigenvalue weighted by Crippen LogP contribution is 2.30. The molecule has 2 amide bonds. The van der Waals surface area contributed by atoms with Crippen molar-refractivity contribution < 1.29 is 27.9 Å². The van der Waals surface area contributed by atoms with E-state index in [1.807, 2.05) is 0 Å². The lowest BCUT2D eigenvalue weighted by Gasteiger charge is -2.20. The van der Waals surface area contributed by atoms with Gasteiger partial charge in [0, 0.05) is 0 Å². The SMILES string of the molecule is Cc1ccc(C)c2c1C(=O)N(CC(O)C(F)(F)F)C2=O. The zero-order valence-corrected chi connectivity index (χ0v) is 10.8. The van der Waals surface area contributed by atoms with Crippen LogP contribution in [-0.2, 0) is 0 Å². The molecule has 1 heterocycles. The molecule has 1 unspecified atom stereocenters.